The molecule has 0 bridgehead atoms. The summed E-state index contributed by atoms with van der Waals surface area (Å²) in [5.74, 6) is -0.110. The van der Waals surface area contributed by atoms with Gasteiger partial charge >= 0.3 is 0 Å². The number of ether oxygens (including phenoxy) is 2. The molecule has 1 amide bonds. The summed E-state index contributed by atoms with van der Waals surface area (Å²) in [5, 5.41) is 2.69. The van der Waals surface area contributed by atoms with Crippen molar-refractivity contribution in [3.8, 4) is 0 Å². The monoisotopic (exact) mass is 266 g/mol. The highest BCUT2D eigenvalue weighted by Gasteiger charge is 2.18. The van der Waals surface area contributed by atoms with Crippen LogP contribution >= 0.6 is 12.4 Å². The molecule has 1 heterocycles. The van der Waals surface area contributed by atoms with Gasteiger partial charge in [0, 0.05) is 19.7 Å². The first-order valence-electron chi connectivity index (χ1n) is 5.95. The molecule has 1 fully saturated rings. The second-order valence-electron chi connectivity index (χ2n) is 4.04. The van der Waals surface area contributed by atoms with Crippen LogP contribution in [0, 0.1) is 0 Å². The van der Waals surface area contributed by atoms with Crippen LogP contribution in [0.1, 0.15) is 26.2 Å². The molecule has 1 aliphatic heterocycles. The Labute approximate surface area is 109 Å². The number of halogens is 1. The van der Waals surface area contributed by atoms with Gasteiger partial charge in [-0.05, 0) is 26.2 Å². The highest BCUT2D eigenvalue weighted by molar-refractivity contribution is 5.85. The predicted octanol–water partition coefficient (Wildman–Crippen LogP) is 0.457. The van der Waals surface area contributed by atoms with Crippen LogP contribution in [-0.4, -0.2) is 44.4 Å². The minimum Gasteiger partial charge on any atom is -0.376 e. The number of carbonyl (C=O) groups excluding carboxylic acids is 1. The van der Waals surface area contributed by atoms with Crippen molar-refractivity contribution in [2.75, 3.05) is 26.3 Å². The van der Waals surface area contributed by atoms with Gasteiger partial charge in [-0.1, -0.05) is 0 Å². The summed E-state index contributed by atoms with van der Waals surface area (Å²) in [7, 11) is 0. The summed E-state index contributed by atoms with van der Waals surface area (Å²) < 4.78 is 11.0. The normalized spacial score (nSPS) is 21.4. The van der Waals surface area contributed by atoms with Crippen LogP contribution in [-0.2, 0) is 14.3 Å². The minimum atomic E-state index is -0.433. The van der Waals surface area contributed by atoms with E-state index in [0.717, 1.165) is 19.4 Å². The number of amides is 1. The van der Waals surface area contributed by atoms with Crippen molar-refractivity contribution in [3.05, 3.63) is 0 Å². The highest BCUT2D eigenvalue weighted by Crippen LogP contribution is 2.13. The molecule has 3 N–H and O–H groups in total. The van der Waals surface area contributed by atoms with E-state index in [9.17, 15) is 4.79 Å². The number of nitrogens with one attached hydrogen (secondary N) is 1. The van der Waals surface area contributed by atoms with Crippen molar-refractivity contribution in [1.29, 1.82) is 0 Å². The van der Waals surface area contributed by atoms with Crippen LogP contribution < -0.4 is 11.1 Å². The average Bonchev–Trinajstić information content (AvgIpc) is 2.34. The van der Waals surface area contributed by atoms with Gasteiger partial charge < -0.3 is 20.5 Å². The van der Waals surface area contributed by atoms with Crippen molar-refractivity contribution in [3.63, 3.8) is 0 Å². The van der Waals surface area contributed by atoms with Crippen LogP contribution in [0.2, 0.25) is 0 Å². The summed E-state index contributed by atoms with van der Waals surface area (Å²) in [4.78, 5) is 11.4. The molecule has 0 aromatic carbocycles. The van der Waals surface area contributed by atoms with E-state index >= 15 is 0 Å². The van der Waals surface area contributed by atoms with E-state index in [2.05, 4.69) is 5.32 Å². The molecule has 1 saturated heterocycles. The first-order valence-corrected chi connectivity index (χ1v) is 5.95. The standard InChI is InChI=1S/C11H22N2O3.ClH/c1-9(11(14)13-6-5-12)16-8-10-4-2-3-7-15-10;/h9-10H,2-8,12H2,1H3,(H,13,14);1H. The van der Waals surface area contributed by atoms with Gasteiger partial charge in [0.15, 0.2) is 0 Å². The maximum absolute atomic E-state index is 11.4. The smallest absolute Gasteiger partial charge is 0.248 e. The fourth-order valence-corrected chi connectivity index (χ4v) is 1.61. The Bertz CT molecular complexity index is 211. The van der Waals surface area contributed by atoms with Crippen molar-refractivity contribution < 1.29 is 14.3 Å². The Balaban J connectivity index is 0.00000256. The fraction of sp³-hybridized carbons (Fsp3) is 0.909. The first kappa shape index (κ1) is 16.6. The summed E-state index contributed by atoms with van der Waals surface area (Å²) in [6.07, 6.45) is 3.05. The van der Waals surface area contributed by atoms with E-state index in [4.69, 9.17) is 15.2 Å². The summed E-state index contributed by atoms with van der Waals surface area (Å²) in [6.45, 7) is 3.99. The first-order chi connectivity index (χ1) is 7.74. The van der Waals surface area contributed by atoms with Crippen LogP contribution in [0.15, 0.2) is 0 Å². The third kappa shape index (κ3) is 6.83. The number of rotatable bonds is 6. The molecule has 17 heavy (non-hydrogen) atoms. The number of hydrogen-bond donors (Lipinski definition) is 2. The lowest BCUT2D eigenvalue weighted by Gasteiger charge is -2.23. The van der Waals surface area contributed by atoms with Crippen LogP contribution in [0.5, 0.6) is 0 Å². The van der Waals surface area contributed by atoms with Gasteiger partial charge in [0.2, 0.25) is 5.91 Å². The SMILES string of the molecule is CC(OCC1CCCCO1)C(=O)NCCN.Cl. The van der Waals surface area contributed by atoms with Gasteiger partial charge in [-0.2, -0.15) is 0 Å². The maximum atomic E-state index is 11.4. The van der Waals surface area contributed by atoms with E-state index < -0.39 is 6.10 Å². The van der Waals surface area contributed by atoms with Gasteiger partial charge in [-0.15, -0.1) is 12.4 Å². The molecule has 102 valence electrons. The third-order valence-electron chi connectivity index (χ3n) is 2.62. The zero-order valence-corrected chi connectivity index (χ0v) is 11.1. The molecule has 6 heteroatoms. The molecule has 2 unspecified atom stereocenters. The minimum absolute atomic E-state index is 0. The van der Waals surface area contributed by atoms with Crippen LogP contribution in [0.25, 0.3) is 0 Å². The van der Waals surface area contributed by atoms with E-state index in [0.29, 0.717) is 19.7 Å². The molecule has 1 aliphatic rings. The van der Waals surface area contributed by atoms with Gasteiger partial charge in [-0.25, -0.2) is 0 Å². The molecule has 1 rings (SSSR count). The van der Waals surface area contributed by atoms with Crippen molar-refractivity contribution in [1.82, 2.24) is 5.32 Å². The van der Waals surface area contributed by atoms with Gasteiger partial charge in [-0.3, -0.25) is 4.79 Å². The van der Waals surface area contributed by atoms with E-state index in [1.54, 1.807) is 6.92 Å². The summed E-state index contributed by atoms with van der Waals surface area (Å²) in [6, 6.07) is 0. The Morgan fingerprint density at radius 2 is 2.35 bits per heavy atom. The van der Waals surface area contributed by atoms with Crippen molar-refractivity contribution >= 4 is 18.3 Å². The lowest BCUT2D eigenvalue weighted by Crippen LogP contribution is -2.39. The second-order valence-corrected chi connectivity index (χ2v) is 4.04. The van der Waals surface area contributed by atoms with Gasteiger partial charge in [0.05, 0.1) is 12.7 Å². The lowest BCUT2D eigenvalue weighted by molar-refractivity contribution is -0.135. The van der Waals surface area contributed by atoms with Crippen LogP contribution in [0.3, 0.4) is 0 Å². The second kappa shape index (κ2) is 9.65. The molecule has 0 aliphatic carbocycles. The fourth-order valence-electron chi connectivity index (χ4n) is 1.61. The van der Waals surface area contributed by atoms with Crippen molar-refractivity contribution in [2.45, 2.75) is 38.4 Å². The largest absolute Gasteiger partial charge is 0.376 e. The number of nitrogens with two attached hydrogens (primary N) is 1. The van der Waals surface area contributed by atoms with Crippen molar-refractivity contribution in [2.24, 2.45) is 5.73 Å². The maximum Gasteiger partial charge on any atom is 0.248 e. The molecule has 5 nitrogen and oxygen atoms in total. The van der Waals surface area contributed by atoms with E-state index in [-0.39, 0.29) is 24.4 Å². The molecule has 0 radical (unpaired) electrons. The topological polar surface area (TPSA) is 73.6 Å². The molecular formula is C11H23ClN2O3. The third-order valence-corrected chi connectivity index (χ3v) is 2.62. The molecule has 0 saturated carbocycles. The molecule has 2 atom stereocenters. The zero-order valence-electron chi connectivity index (χ0n) is 10.3. The average molecular weight is 267 g/mol. The lowest BCUT2D eigenvalue weighted by atomic mass is 10.1. The predicted molar refractivity (Wildman–Crippen MR) is 68.3 cm³/mol. The highest BCUT2D eigenvalue weighted by atomic mass is 35.5. The Kier molecular flexibility index (Phi) is 9.44. The van der Waals surface area contributed by atoms with Gasteiger partial charge in [0.1, 0.15) is 6.10 Å². The van der Waals surface area contributed by atoms with E-state index in [1.165, 1.54) is 6.42 Å². The Morgan fingerprint density at radius 3 is 2.94 bits per heavy atom. The summed E-state index contributed by atoms with van der Waals surface area (Å²) >= 11 is 0. The van der Waals surface area contributed by atoms with Crippen LogP contribution in [0.4, 0.5) is 0 Å². The molecule has 0 aromatic rings. The van der Waals surface area contributed by atoms with Gasteiger partial charge in [0.25, 0.3) is 0 Å². The quantitative estimate of drug-likeness (QED) is 0.732. The molecular weight excluding hydrogens is 244 g/mol. The van der Waals surface area contributed by atoms with E-state index in [1.807, 2.05) is 0 Å². The molecule has 0 aromatic heterocycles. The molecule has 0 spiro atoms. The Morgan fingerprint density at radius 1 is 1.59 bits per heavy atom. The zero-order chi connectivity index (χ0) is 11.8. The summed E-state index contributed by atoms with van der Waals surface area (Å²) in [5.41, 5.74) is 5.29. The Hall–Kier alpha value is -0.360. The number of hydrogen-bond acceptors (Lipinski definition) is 4. The number of carbonyl (C=O) groups is 1.